The van der Waals surface area contributed by atoms with Crippen molar-refractivity contribution in [2.75, 3.05) is 19.8 Å². The van der Waals surface area contributed by atoms with Crippen molar-refractivity contribution in [3.8, 4) is 0 Å². The van der Waals surface area contributed by atoms with E-state index in [-0.39, 0.29) is 14.9 Å². The Balaban J connectivity index is 3.17. The Labute approximate surface area is 120 Å². The molecule has 108 valence electrons. The second-order valence-corrected chi connectivity index (χ2v) is 6.52. The first kappa shape index (κ1) is 16.6. The van der Waals surface area contributed by atoms with Gasteiger partial charge in [-0.1, -0.05) is 23.2 Å². The van der Waals surface area contributed by atoms with Crippen LogP contribution in [0.15, 0.2) is 23.1 Å². The summed E-state index contributed by atoms with van der Waals surface area (Å²) >= 11 is 11.4. The lowest BCUT2D eigenvalue weighted by Gasteiger charge is -2.28. The Hall–Kier alpha value is -0.410. The van der Waals surface area contributed by atoms with E-state index < -0.39 is 35.4 Å². The van der Waals surface area contributed by atoms with Crippen molar-refractivity contribution in [3.63, 3.8) is 0 Å². The molecule has 0 atom stereocenters. The fraction of sp³-hybridized carbons (Fsp3) is 0.400. The smallest absolute Gasteiger partial charge is 0.241 e. The van der Waals surface area contributed by atoms with Crippen molar-refractivity contribution in [1.82, 2.24) is 4.72 Å². The van der Waals surface area contributed by atoms with E-state index in [1.165, 1.54) is 6.07 Å². The third-order valence-corrected chi connectivity index (χ3v) is 4.40. The average molecular weight is 330 g/mol. The summed E-state index contributed by atoms with van der Waals surface area (Å²) in [6.07, 6.45) is 0. The molecule has 0 unspecified atom stereocenters. The largest absolute Gasteiger partial charge is 0.394 e. The van der Waals surface area contributed by atoms with Gasteiger partial charge in [0.1, 0.15) is 5.54 Å². The Morgan fingerprint density at radius 1 is 1.00 bits per heavy atom. The monoisotopic (exact) mass is 329 g/mol. The van der Waals surface area contributed by atoms with E-state index >= 15 is 0 Å². The lowest BCUT2D eigenvalue weighted by Crippen LogP contribution is -2.56. The highest BCUT2D eigenvalue weighted by Gasteiger charge is 2.34. The highest BCUT2D eigenvalue weighted by molar-refractivity contribution is 7.89. The number of sulfonamides is 1. The second kappa shape index (κ2) is 6.36. The number of aliphatic hydroxyl groups is 3. The fourth-order valence-electron chi connectivity index (χ4n) is 1.27. The lowest BCUT2D eigenvalue weighted by molar-refractivity contribution is 0.0582. The molecule has 19 heavy (non-hydrogen) atoms. The highest BCUT2D eigenvalue weighted by Crippen LogP contribution is 2.23. The minimum absolute atomic E-state index is 0.121. The topological polar surface area (TPSA) is 107 Å². The Morgan fingerprint density at radius 3 is 1.79 bits per heavy atom. The number of aliphatic hydroxyl groups excluding tert-OH is 3. The molecule has 6 nitrogen and oxygen atoms in total. The summed E-state index contributed by atoms with van der Waals surface area (Å²) in [5, 5.41) is 27.5. The van der Waals surface area contributed by atoms with Gasteiger partial charge in [0.25, 0.3) is 0 Å². The molecule has 0 spiro atoms. The van der Waals surface area contributed by atoms with Gasteiger partial charge in [0.05, 0.1) is 24.7 Å². The van der Waals surface area contributed by atoms with Gasteiger partial charge in [-0.3, -0.25) is 0 Å². The summed E-state index contributed by atoms with van der Waals surface area (Å²) < 4.78 is 26.2. The van der Waals surface area contributed by atoms with Crippen LogP contribution in [0.4, 0.5) is 0 Å². The van der Waals surface area contributed by atoms with E-state index in [0.29, 0.717) is 0 Å². The van der Waals surface area contributed by atoms with Gasteiger partial charge in [0.2, 0.25) is 10.0 Å². The van der Waals surface area contributed by atoms with Crippen molar-refractivity contribution in [3.05, 3.63) is 28.2 Å². The van der Waals surface area contributed by atoms with Crippen LogP contribution >= 0.6 is 23.2 Å². The molecule has 9 heteroatoms. The van der Waals surface area contributed by atoms with Crippen LogP contribution in [0.5, 0.6) is 0 Å². The molecular weight excluding hydrogens is 317 g/mol. The molecule has 0 heterocycles. The summed E-state index contributed by atoms with van der Waals surface area (Å²) in [7, 11) is -4.10. The van der Waals surface area contributed by atoms with Crippen LogP contribution in [0.25, 0.3) is 0 Å². The number of rotatable bonds is 6. The molecule has 0 amide bonds. The Kier molecular flexibility index (Phi) is 5.57. The Bertz CT molecular complexity index is 516. The van der Waals surface area contributed by atoms with Gasteiger partial charge in [-0.05, 0) is 18.2 Å². The molecule has 1 rings (SSSR count). The first-order valence-corrected chi connectivity index (χ1v) is 7.35. The van der Waals surface area contributed by atoms with Crippen LogP contribution in [0.2, 0.25) is 10.0 Å². The van der Waals surface area contributed by atoms with Gasteiger partial charge >= 0.3 is 0 Å². The van der Waals surface area contributed by atoms with E-state index in [2.05, 4.69) is 0 Å². The summed E-state index contributed by atoms with van der Waals surface area (Å²) in [4.78, 5) is -0.232. The third kappa shape index (κ3) is 4.03. The first-order chi connectivity index (χ1) is 8.78. The van der Waals surface area contributed by atoms with Crippen molar-refractivity contribution in [2.45, 2.75) is 10.4 Å². The second-order valence-electron chi connectivity index (χ2n) is 3.97. The van der Waals surface area contributed by atoms with Crippen molar-refractivity contribution in [1.29, 1.82) is 0 Å². The van der Waals surface area contributed by atoms with Crippen LogP contribution in [0.3, 0.4) is 0 Å². The first-order valence-electron chi connectivity index (χ1n) is 5.11. The molecule has 4 N–H and O–H groups in total. The molecule has 0 aliphatic rings. The maximum absolute atomic E-state index is 12.1. The molecule has 0 radical (unpaired) electrons. The molecule has 0 saturated carbocycles. The standard InChI is InChI=1S/C10H13Cl2NO5S/c11-7-1-8(12)3-9(2-7)19(17,18)13-10(4-14,5-15)6-16/h1-3,13-16H,4-6H2. The summed E-state index contributed by atoms with van der Waals surface area (Å²) in [6.45, 7) is -2.31. The van der Waals surface area contributed by atoms with Gasteiger partial charge in [-0.15, -0.1) is 0 Å². The van der Waals surface area contributed by atoms with Crippen LogP contribution in [-0.2, 0) is 10.0 Å². The fourth-order valence-corrected chi connectivity index (χ4v) is 3.38. The molecule has 1 aromatic rings. The Morgan fingerprint density at radius 2 is 1.42 bits per heavy atom. The number of hydrogen-bond acceptors (Lipinski definition) is 5. The maximum Gasteiger partial charge on any atom is 0.241 e. The maximum atomic E-state index is 12.1. The van der Waals surface area contributed by atoms with Crippen molar-refractivity contribution >= 4 is 33.2 Å². The zero-order valence-electron chi connectivity index (χ0n) is 9.68. The zero-order valence-corrected chi connectivity index (χ0v) is 12.0. The highest BCUT2D eigenvalue weighted by atomic mass is 35.5. The minimum Gasteiger partial charge on any atom is -0.394 e. The van der Waals surface area contributed by atoms with Gasteiger partial charge < -0.3 is 15.3 Å². The zero-order chi connectivity index (χ0) is 14.7. The number of nitrogens with one attached hydrogen (secondary N) is 1. The van der Waals surface area contributed by atoms with E-state index in [0.717, 1.165) is 12.1 Å². The minimum atomic E-state index is -4.10. The number of hydrogen-bond donors (Lipinski definition) is 4. The van der Waals surface area contributed by atoms with Crippen LogP contribution < -0.4 is 4.72 Å². The number of halogens is 2. The predicted molar refractivity (Wildman–Crippen MR) is 70.8 cm³/mol. The SMILES string of the molecule is O=S(=O)(NC(CO)(CO)CO)c1cc(Cl)cc(Cl)c1. The normalized spacial score (nSPS) is 12.7. The molecule has 0 aliphatic heterocycles. The molecule has 1 aromatic carbocycles. The molecule has 0 saturated heterocycles. The summed E-state index contributed by atoms with van der Waals surface area (Å²) in [5.74, 6) is 0. The summed E-state index contributed by atoms with van der Waals surface area (Å²) in [6, 6.07) is 3.68. The molecule has 0 fully saturated rings. The number of benzene rings is 1. The van der Waals surface area contributed by atoms with Gasteiger partial charge in [0, 0.05) is 10.0 Å². The third-order valence-electron chi connectivity index (χ3n) is 2.41. The molecular formula is C10H13Cl2NO5S. The molecule has 0 aliphatic carbocycles. The van der Waals surface area contributed by atoms with Crippen LogP contribution in [0, 0.1) is 0 Å². The predicted octanol–water partition coefficient (Wildman–Crippen LogP) is -0.0126. The molecule has 0 bridgehead atoms. The van der Waals surface area contributed by atoms with E-state index in [4.69, 9.17) is 38.5 Å². The quantitative estimate of drug-likeness (QED) is 0.587. The lowest BCUT2D eigenvalue weighted by atomic mass is 10.1. The van der Waals surface area contributed by atoms with E-state index in [1.54, 1.807) is 0 Å². The van der Waals surface area contributed by atoms with Crippen LogP contribution in [-0.4, -0.2) is 49.1 Å². The van der Waals surface area contributed by atoms with Gasteiger partial charge in [0.15, 0.2) is 0 Å². The van der Waals surface area contributed by atoms with E-state index in [9.17, 15) is 8.42 Å². The average Bonchev–Trinajstić information content (AvgIpc) is 2.35. The molecule has 0 aromatic heterocycles. The van der Waals surface area contributed by atoms with Crippen molar-refractivity contribution in [2.24, 2.45) is 0 Å². The van der Waals surface area contributed by atoms with Crippen LogP contribution in [0.1, 0.15) is 0 Å². The summed E-state index contributed by atoms with van der Waals surface area (Å²) in [5.41, 5.74) is -1.76. The van der Waals surface area contributed by atoms with Gasteiger partial charge in [-0.2, -0.15) is 4.72 Å². The van der Waals surface area contributed by atoms with E-state index in [1.807, 2.05) is 4.72 Å². The van der Waals surface area contributed by atoms with Crippen molar-refractivity contribution < 1.29 is 23.7 Å². The van der Waals surface area contributed by atoms with Gasteiger partial charge in [-0.25, -0.2) is 8.42 Å².